The van der Waals surface area contributed by atoms with Crippen LogP contribution in [0.1, 0.15) is 22.8 Å². The number of hydrogen-bond donors (Lipinski definition) is 3. The topological polar surface area (TPSA) is 70.6 Å². The van der Waals surface area contributed by atoms with Gasteiger partial charge in [0.25, 0.3) is 0 Å². The Balaban J connectivity index is 1.98. The monoisotopic (exact) mass is 330 g/mol. The maximum Gasteiger partial charge on any atom is 0.338 e. The van der Waals surface area contributed by atoms with Crippen LogP contribution in [0.15, 0.2) is 42.5 Å². The van der Waals surface area contributed by atoms with Crippen LogP contribution in [0.2, 0.25) is 0 Å². The van der Waals surface area contributed by atoms with Crippen LogP contribution in [0.25, 0.3) is 0 Å². The Morgan fingerprint density at radius 2 is 1.87 bits per heavy atom. The van der Waals surface area contributed by atoms with Gasteiger partial charge >= 0.3 is 5.97 Å². The summed E-state index contributed by atoms with van der Waals surface area (Å²) in [4.78, 5) is 11.6. The summed E-state index contributed by atoms with van der Waals surface area (Å²) in [6.45, 7) is 4.00. The van der Waals surface area contributed by atoms with Gasteiger partial charge in [-0.1, -0.05) is 6.07 Å². The summed E-state index contributed by atoms with van der Waals surface area (Å²) in [5.41, 5.74) is 2.69. The number of nitrogens with one attached hydrogen (secondary N) is 2. The zero-order chi connectivity index (χ0) is 16.8. The number of esters is 1. The zero-order valence-corrected chi connectivity index (χ0v) is 13.7. The number of rotatable bonds is 4. The van der Waals surface area contributed by atoms with E-state index >= 15 is 0 Å². The molecule has 0 amide bonds. The summed E-state index contributed by atoms with van der Waals surface area (Å²) in [6, 6.07) is 12.1. The molecule has 0 saturated heterocycles. The molecule has 0 fully saturated rings. The molecule has 0 aliphatic rings. The summed E-state index contributed by atoms with van der Waals surface area (Å²) >= 11 is 5.21. The fraction of sp³-hybridized carbons (Fsp3) is 0.176. The number of phenols is 1. The maximum absolute atomic E-state index is 11.6. The molecule has 0 atom stereocenters. The lowest BCUT2D eigenvalue weighted by atomic mass is 10.2. The highest BCUT2D eigenvalue weighted by Crippen LogP contribution is 2.24. The van der Waals surface area contributed by atoms with Gasteiger partial charge in [0.15, 0.2) is 5.11 Å². The minimum absolute atomic E-state index is 0.131. The third-order valence-electron chi connectivity index (χ3n) is 3.06. The highest BCUT2D eigenvalue weighted by Gasteiger charge is 2.07. The van der Waals surface area contributed by atoms with Gasteiger partial charge in [-0.3, -0.25) is 0 Å². The van der Waals surface area contributed by atoms with Gasteiger partial charge < -0.3 is 20.5 Å². The number of ether oxygens (including phenoxy) is 1. The first-order valence-electron chi connectivity index (χ1n) is 7.14. The second kappa shape index (κ2) is 7.60. The Morgan fingerprint density at radius 1 is 1.17 bits per heavy atom. The van der Waals surface area contributed by atoms with Gasteiger partial charge in [0, 0.05) is 5.69 Å². The van der Waals surface area contributed by atoms with Crippen LogP contribution < -0.4 is 10.6 Å². The highest BCUT2D eigenvalue weighted by molar-refractivity contribution is 7.80. The molecule has 0 unspecified atom stereocenters. The fourth-order valence-electron chi connectivity index (χ4n) is 1.94. The average Bonchev–Trinajstić information content (AvgIpc) is 2.51. The van der Waals surface area contributed by atoms with E-state index in [1.165, 1.54) is 0 Å². The lowest BCUT2D eigenvalue weighted by molar-refractivity contribution is 0.0526. The van der Waals surface area contributed by atoms with E-state index in [2.05, 4.69) is 10.6 Å². The van der Waals surface area contributed by atoms with Crippen LogP contribution in [0.4, 0.5) is 11.4 Å². The standard InChI is InChI=1S/C17H18N2O3S/c1-3-22-16(21)12-5-7-13(8-6-12)18-17(23)19-14-9-4-11(2)10-15(14)20/h4-10,20H,3H2,1-2H3,(H2,18,19,23). The summed E-state index contributed by atoms with van der Waals surface area (Å²) in [5.74, 6) is -0.226. The number of thiocarbonyl (C=S) groups is 1. The van der Waals surface area contributed by atoms with Crippen LogP contribution in [-0.2, 0) is 4.74 Å². The SMILES string of the molecule is CCOC(=O)c1ccc(NC(=S)Nc2ccc(C)cc2O)cc1. The molecule has 2 aromatic carbocycles. The number of aromatic hydroxyl groups is 1. The van der Waals surface area contributed by atoms with Gasteiger partial charge in [0.1, 0.15) is 5.75 Å². The van der Waals surface area contributed by atoms with E-state index in [9.17, 15) is 9.90 Å². The average molecular weight is 330 g/mol. The molecule has 5 nitrogen and oxygen atoms in total. The number of phenolic OH excluding ortho intramolecular Hbond substituents is 1. The molecule has 0 aromatic heterocycles. The number of carbonyl (C=O) groups excluding carboxylic acids is 1. The van der Waals surface area contributed by atoms with Crippen LogP contribution >= 0.6 is 12.2 Å². The van der Waals surface area contributed by atoms with Gasteiger partial charge in [-0.05, 0) is 68.0 Å². The normalized spacial score (nSPS) is 10.0. The van der Waals surface area contributed by atoms with Crippen molar-refractivity contribution >= 4 is 34.7 Å². The summed E-state index contributed by atoms with van der Waals surface area (Å²) in [6.07, 6.45) is 0. The molecule has 0 aliphatic heterocycles. The van der Waals surface area contributed by atoms with Crippen molar-refractivity contribution in [2.75, 3.05) is 17.2 Å². The minimum Gasteiger partial charge on any atom is -0.506 e. The van der Waals surface area contributed by atoms with Crippen LogP contribution in [0.3, 0.4) is 0 Å². The molecule has 2 aromatic rings. The van der Waals surface area contributed by atoms with E-state index in [-0.39, 0.29) is 11.7 Å². The van der Waals surface area contributed by atoms with E-state index in [0.717, 1.165) is 11.3 Å². The predicted molar refractivity (Wildman–Crippen MR) is 95.1 cm³/mol. The summed E-state index contributed by atoms with van der Waals surface area (Å²) in [5, 5.41) is 16.1. The maximum atomic E-state index is 11.6. The van der Waals surface area contributed by atoms with Crippen molar-refractivity contribution in [2.24, 2.45) is 0 Å². The van der Waals surface area contributed by atoms with Crippen molar-refractivity contribution in [1.29, 1.82) is 0 Å². The molecule has 3 N–H and O–H groups in total. The first-order chi connectivity index (χ1) is 11.0. The Bertz CT molecular complexity index is 714. The lowest BCUT2D eigenvalue weighted by Gasteiger charge is -2.12. The van der Waals surface area contributed by atoms with Gasteiger partial charge in [-0.2, -0.15) is 0 Å². The first kappa shape index (κ1) is 16.8. The van der Waals surface area contributed by atoms with E-state index in [4.69, 9.17) is 17.0 Å². The molecular formula is C17H18N2O3S. The molecule has 0 bridgehead atoms. The third kappa shape index (κ3) is 4.69. The zero-order valence-electron chi connectivity index (χ0n) is 12.9. The van der Waals surface area contributed by atoms with Crippen molar-refractivity contribution in [2.45, 2.75) is 13.8 Å². The molecular weight excluding hydrogens is 312 g/mol. The molecule has 0 heterocycles. The van der Waals surface area contributed by atoms with E-state index < -0.39 is 0 Å². The minimum atomic E-state index is -0.357. The number of anilines is 2. The molecule has 6 heteroatoms. The van der Waals surface area contributed by atoms with E-state index in [1.54, 1.807) is 43.3 Å². The number of carbonyl (C=O) groups is 1. The third-order valence-corrected chi connectivity index (χ3v) is 3.26. The molecule has 0 saturated carbocycles. The molecule has 120 valence electrons. The number of benzene rings is 2. The van der Waals surface area contributed by atoms with Crippen LogP contribution in [0, 0.1) is 6.92 Å². The van der Waals surface area contributed by atoms with Crippen LogP contribution in [-0.4, -0.2) is 22.8 Å². The largest absolute Gasteiger partial charge is 0.506 e. The summed E-state index contributed by atoms with van der Waals surface area (Å²) < 4.78 is 4.93. The van der Waals surface area contributed by atoms with Gasteiger partial charge in [0.05, 0.1) is 17.9 Å². The van der Waals surface area contributed by atoms with Crippen molar-refractivity contribution in [3.8, 4) is 5.75 Å². The molecule has 0 aliphatic carbocycles. The first-order valence-corrected chi connectivity index (χ1v) is 7.55. The quantitative estimate of drug-likeness (QED) is 0.451. The second-order valence-electron chi connectivity index (χ2n) is 4.90. The molecule has 23 heavy (non-hydrogen) atoms. The molecule has 0 spiro atoms. The fourth-order valence-corrected chi connectivity index (χ4v) is 2.16. The smallest absolute Gasteiger partial charge is 0.338 e. The van der Waals surface area contributed by atoms with Gasteiger partial charge in [-0.25, -0.2) is 4.79 Å². The lowest BCUT2D eigenvalue weighted by Crippen LogP contribution is -2.19. The number of aryl methyl sites for hydroxylation is 1. The van der Waals surface area contributed by atoms with Crippen molar-refractivity contribution in [3.05, 3.63) is 53.6 Å². The second-order valence-corrected chi connectivity index (χ2v) is 5.31. The Hall–Kier alpha value is -2.60. The Labute approximate surface area is 140 Å². The summed E-state index contributed by atoms with van der Waals surface area (Å²) in [7, 11) is 0. The predicted octanol–water partition coefficient (Wildman–Crippen LogP) is 3.69. The Morgan fingerprint density at radius 3 is 2.48 bits per heavy atom. The van der Waals surface area contributed by atoms with E-state index in [1.807, 2.05) is 13.0 Å². The highest BCUT2D eigenvalue weighted by atomic mass is 32.1. The van der Waals surface area contributed by atoms with Crippen molar-refractivity contribution in [3.63, 3.8) is 0 Å². The van der Waals surface area contributed by atoms with Crippen molar-refractivity contribution in [1.82, 2.24) is 0 Å². The number of hydrogen-bond acceptors (Lipinski definition) is 4. The Kier molecular flexibility index (Phi) is 5.54. The van der Waals surface area contributed by atoms with E-state index in [0.29, 0.717) is 23.0 Å². The van der Waals surface area contributed by atoms with Gasteiger partial charge in [0.2, 0.25) is 0 Å². The van der Waals surface area contributed by atoms with Crippen LogP contribution in [0.5, 0.6) is 5.75 Å². The van der Waals surface area contributed by atoms with Gasteiger partial charge in [-0.15, -0.1) is 0 Å². The molecule has 0 radical (unpaired) electrons. The van der Waals surface area contributed by atoms with Crippen molar-refractivity contribution < 1.29 is 14.6 Å². The molecule has 2 rings (SSSR count).